The molecule has 428 valence electrons. The molecule has 6 aromatic heterocycles. The molecule has 21 heteroatoms. The van der Waals surface area contributed by atoms with Gasteiger partial charge >= 0.3 is 0 Å². The van der Waals surface area contributed by atoms with Crippen molar-refractivity contribution in [2.24, 2.45) is 32.2 Å². The van der Waals surface area contributed by atoms with E-state index < -0.39 is 16.6 Å². The summed E-state index contributed by atoms with van der Waals surface area (Å²) in [6.45, 7) is 6.07. The van der Waals surface area contributed by atoms with Crippen molar-refractivity contribution >= 4 is 35.6 Å². The molecule has 0 fully saturated rings. The van der Waals surface area contributed by atoms with E-state index in [1.54, 1.807) is 76.9 Å². The first kappa shape index (κ1) is 58.8. The number of aryl methyl sites for hydroxylation is 3. The average molecular weight is 1130 g/mol. The second-order valence-corrected chi connectivity index (χ2v) is 19.9. The maximum absolute atomic E-state index is 13.4. The normalized spacial score (nSPS) is 18.8. The van der Waals surface area contributed by atoms with E-state index >= 15 is 0 Å². The Morgan fingerprint density at radius 3 is 0.835 bits per heavy atom. The van der Waals surface area contributed by atoms with Crippen LogP contribution in [0.4, 0.5) is 0 Å². The van der Waals surface area contributed by atoms with E-state index in [0.717, 1.165) is 103 Å². The van der Waals surface area contributed by atoms with Crippen LogP contribution in [0.2, 0.25) is 0 Å². The van der Waals surface area contributed by atoms with E-state index in [4.69, 9.17) is 17.2 Å². The number of carbonyl (C=O) groups is 3. The Hall–Kier alpha value is -10.8. The lowest BCUT2D eigenvalue weighted by atomic mass is 9.82. The number of rotatable bonds is 12. The van der Waals surface area contributed by atoms with E-state index in [-0.39, 0.29) is 43.0 Å². The van der Waals surface area contributed by atoms with Crippen molar-refractivity contribution in [3.63, 3.8) is 0 Å². The third-order valence-electron chi connectivity index (χ3n) is 15.0. The molecule has 3 aliphatic heterocycles. The lowest BCUT2D eigenvalue weighted by Gasteiger charge is -2.26. The number of aromatic nitrogens is 9. The zero-order chi connectivity index (χ0) is 59.2. The summed E-state index contributed by atoms with van der Waals surface area (Å²) in [6.07, 6.45) is 22.3. The second-order valence-electron chi connectivity index (χ2n) is 19.9. The van der Waals surface area contributed by atoms with Crippen molar-refractivity contribution in [1.82, 2.24) is 59.6 Å². The molecule has 9 aromatic rings. The van der Waals surface area contributed by atoms with Crippen LogP contribution in [0.15, 0.2) is 199 Å². The number of hydrogen-bond acceptors (Lipinski definition) is 18. The molecule has 1 unspecified atom stereocenters. The molecule has 0 radical (unpaired) electrons. The summed E-state index contributed by atoms with van der Waals surface area (Å²) in [7, 11) is 4.92. The molecule has 0 spiro atoms. The summed E-state index contributed by atoms with van der Waals surface area (Å²) >= 11 is 0. The largest absolute Gasteiger partial charge is 0.369 e. The van der Waals surface area contributed by atoms with Crippen molar-refractivity contribution in [2.45, 2.75) is 64.1 Å². The van der Waals surface area contributed by atoms with Crippen LogP contribution in [0.5, 0.6) is 0 Å². The lowest BCUT2D eigenvalue weighted by molar-refractivity contribution is -0.130. The number of nitrogens with zero attached hydrogens (tertiary/aromatic N) is 15. The number of hydrogen-bond donors (Lipinski definition) is 3. The number of guanidine groups is 3. The minimum atomic E-state index is -1.24. The van der Waals surface area contributed by atoms with Gasteiger partial charge in [-0.2, -0.15) is 0 Å². The molecule has 3 aromatic carbocycles. The fourth-order valence-corrected chi connectivity index (χ4v) is 10.4. The van der Waals surface area contributed by atoms with Gasteiger partial charge in [-0.25, -0.2) is 44.9 Å². The van der Waals surface area contributed by atoms with Crippen molar-refractivity contribution < 1.29 is 14.4 Å². The SMILES string of the molecule is C.CCc1cc(C2(c3cccc(-c4cncnc4)c3)N=C(N)N(C)C2=O)ccn1.CCc1cc([C@@]2(c3cccc(-c4cncnc4)c3)N=C(N)N(C)C2=O)ccn1.CCc1cc([C@]2(c3cccc(-c4cncnc4)c3)N=C(N)N(C)C2=O)ccn1. The highest BCUT2D eigenvalue weighted by Crippen LogP contribution is 2.44. The minimum absolute atomic E-state index is 0. The lowest BCUT2D eigenvalue weighted by Crippen LogP contribution is -2.41. The summed E-state index contributed by atoms with van der Waals surface area (Å²) in [5, 5.41) is 0. The molecule has 0 bridgehead atoms. The van der Waals surface area contributed by atoms with E-state index in [0.29, 0.717) is 0 Å². The van der Waals surface area contributed by atoms with Gasteiger partial charge in [0.2, 0.25) is 0 Å². The van der Waals surface area contributed by atoms with E-state index in [1.165, 1.54) is 33.7 Å². The van der Waals surface area contributed by atoms with Gasteiger partial charge in [0.15, 0.2) is 34.5 Å². The molecule has 3 aliphatic rings. The van der Waals surface area contributed by atoms with E-state index in [9.17, 15) is 14.4 Å². The van der Waals surface area contributed by atoms with Crippen molar-refractivity contribution in [1.29, 1.82) is 0 Å². The summed E-state index contributed by atoms with van der Waals surface area (Å²) in [5.74, 6) is -0.0194. The van der Waals surface area contributed by atoms with Gasteiger partial charge in [-0.1, -0.05) is 82.8 Å². The molecule has 6 N–H and O–H groups in total. The van der Waals surface area contributed by atoms with Crippen molar-refractivity contribution in [3.05, 3.63) is 234 Å². The summed E-state index contributed by atoms with van der Waals surface area (Å²) < 4.78 is 0. The van der Waals surface area contributed by atoms with Crippen LogP contribution in [0.1, 0.15) is 78.7 Å². The van der Waals surface area contributed by atoms with Gasteiger partial charge in [-0.15, -0.1) is 0 Å². The standard InChI is InChI=1S/3C21H20N6O.CH4/c3*1-3-18-10-17(7-8-25-18)21(19(28)27(2)20(22)26-21)16-6-4-5-14(9-16)15-11-23-13-24-12-15;/h3*4-13H,3H2,1-2H3,(H2,22,26);1H4/t2*21-;;/m10../s1. The molecule has 9 heterocycles. The van der Waals surface area contributed by atoms with E-state index in [2.05, 4.69) is 59.8 Å². The summed E-state index contributed by atoms with van der Waals surface area (Å²) in [6, 6.07) is 34.3. The van der Waals surface area contributed by atoms with Gasteiger partial charge in [-0.3, -0.25) is 44.0 Å². The molecular weight excluding hydrogens is 1070 g/mol. The van der Waals surface area contributed by atoms with Crippen LogP contribution in [-0.4, -0.2) is 116 Å². The summed E-state index contributed by atoms with van der Waals surface area (Å²) in [4.78, 5) is 95.8. The molecule has 21 nitrogen and oxygen atoms in total. The number of nitrogens with two attached hydrogens (primary N) is 3. The Morgan fingerprint density at radius 2 is 0.612 bits per heavy atom. The van der Waals surface area contributed by atoms with Crippen LogP contribution in [0, 0.1) is 0 Å². The zero-order valence-electron chi connectivity index (χ0n) is 47.1. The first-order valence-corrected chi connectivity index (χ1v) is 27.0. The zero-order valence-corrected chi connectivity index (χ0v) is 47.1. The Morgan fingerprint density at radius 1 is 0.365 bits per heavy atom. The number of amides is 3. The topological polar surface area (TPSA) is 292 Å². The minimum Gasteiger partial charge on any atom is -0.369 e. The maximum Gasteiger partial charge on any atom is 0.266 e. The van der Waals surface area contributed by atoms with Crippen molar-refractivity contribution in [2.75, 3.05) is 21.1 Å². The van der Waals surface area contributed by atoms with Crippen LogP contribution in [0.3, 0.4) is 0 Å². The number of likely N-dealkylation sites (N-methyl/N-ethyl adjacent to an activating group) is 3. The van der Waals surface area contributed by atoms with Gasteiger partial charge < -0.3 is 17.2 Å². The van der Waals surface area contributed by atoms with Gasteiger partial charge in [0, 0.05) is 111 Å². The molecule has 3 amide bonds. The third-order valence-corrected chi connectivity index (χ3v) is 15.0. The number of carbonyl (C=O) groups excluding carboxylic acids is 3. The van der Waals surface area contributed by atoms with Crippen LogP contribution >= 0.6 is 0 Å². The third kappa shape index (κ3) is 10.9. The van der Waals surface area contributed by atoms with Gasteiger partial charge in [0.1, 0.15) is 19.0 Å². The molecule has 0 saturated carbocycles. The highest BCUT2D eigenvalue weighted by molar-refractivity contribution is 6.11. The molecule has 0 saturated heterocycles. The fraction of sp³-hybridized carbons (Fsp3) is 0.203. The number of pyridine rings is 3. The first-order valence-electron chi connectivity index (χ1n) is 27.0. The molecule has 12 rings (SSSR count). The van der Waals surface area contributed by atoms with Crippen LogP contribution in [0.25, 0.3) is 33.4 Å². The second kappa shape index (κ2) is 24.7. The number of benzene rings is 3. The van der Waals surface area contributed by atoms with Gasteiger partial charge in [0.25, 0.3) is 17.7 Å². The Labute approximate surface area is 492 Å². The van der Waals surface area contributed by atoms with Gasteiger partial charge in [0.05, 0.1) is 0 Å². The molecule has 0 aliphatic carbocycles. The first-order chi connectivity index (χ1) is 40.7. The summed E-state index contributed by atoms with van der Waals surface area (Å²) in [5.41, 5.74) is 26.9. The average Bonchev–Trinajstić information content (AvgIpc) is 2.39. The monoisotopic (exact) mass is 1130 g/mol. The molecular formula is C64H64N18O3. The van der Waals surface area contributed by atoms with Gasteiger partial charge in [-0.05, 0) is 124 Å². The molecule has 85 heavy (non-hydrogen) atoms. The van der Waals surface area contributed by atoms with E-state index in [1.807, 2.05) is 130 Å². The maximum atomic E-state index is 13.4. The van der Waals surface area contributed by atoms with Crippen LogP contribution in [-0.2, 0) is 50.3 Å². The Kier molecular flexibility index (Phi) is 17.1. The van der Waals surface area contributed by atoms with Crippen molar-refractivity contribution in [3.8, 4) is 33.4 Å². The Bertz CT molecular complexity index is 3610. The molecule has 3 atom stereocenters. The van der Waals surface area contributed by atoms with Crippen LogP contribution < -0.4 is 17.2 Å². The highest BCUT2D eigenvalue weighted by atomic mass is 16.2. The Balaban J connectivity index is 0.000000152. The highest BCUT2D eigenvalue weighted by Gasteiger charge is 2.52. The smallest absolute Gasteiger partial charge is 0.266 e. The predicted octanol–water partition coefficient (Wildman–Crippen LogP) is 7.03. The quantitative estimate of drug-likeness (QED) is 0.111. The number of aliphatic imine (C=N–C) groups is 3. The predicted molar refractivity (Wildman–Crippen MR) is 325 cm³/mol. The fourth-order valence-electron chi connectivity index (χ4n) is 10.4.